The molecule has 14 heavy (non-hydrogen) atoms. The zero-order valence-corrected chi connectivity index (χ0v) is 11.4. The van der Waals surface area contributed by atoms with E-state index in [4.69, 9.17) is 44.9 Å². The second-order valence-electron chi connectivity index (χ2n) is 2.32. The summed E-state index contributed by atoms with van der Waals surface area (Å²) < 4.78 is 4.20. The first kappa shape index (κ1) is 12.6. The Labute approximate surface area is 109 Å². The van der Waals surface area contributed by atoms with Gasteiger partial charge in [0.1, 0.15) is 6.61 Å². The molecule has 0 amide bonds. The second-order valence-corrected chi connectivity index (χ2v) is 7.15. The molecule has 2 nitrogen and oxygen atoms in total. The van der Waals surface area contributed by atoms with Crippen molar-refractivity contribution in [3.8, 4) is 0 Å². The van der Waals surface area contributed by atoms with Crippen molar-refractivity contribution < 1.29 is 4.74 Å². The summed E-state index contributed by atoms with van der Waals surface area (Å²) in [4.78, 5) is 0.955. The predicted molar refractivity (Wildman–Crippen MR) is 64.8 cm³/mol. The van der Waals surface area contributed by atoms with Crippen LogP contribution in [0.15, 0.2) is 15.9 Å². The first-order valence-corrected chi connectivity index (χ1v) is 6.16. The Bertz CT molecular complexity index is 336. The summed E-state index contributed by atoms with van der Waals surface area (Å²) in [6.07, 6.45) is 0. The van der Waals surface area contributed by atoms with Crippen LogP contribution in [-0.2, 0) is 11.3 Å². The van der Waals surface area contributed by atoms with Gasteiger partial charge < -0.3 is 4.74 Å². The highest BCUT2D eigenvalue weighted by atomic mass is 79.9. The van der Waals surface area contributed by atoms with Gasteiger partial charge in [0.2, 0.25) is 5.90 Å². The SMILES string of the molecule is N=C(OCc1ccc(Br)s1)C(Cl)(Cl)Cl. The number of thiophene rings is 1. The van der Waals surface area contributed by atoms with Crippen LogP contribution in [-0.4, -0.2) is 9.69 Å². The van der Waals surface area contributed by atoms with E-state index in [2.05, 4.69) is 15.9 Å². The molecule has 0 aromatic carbocycles. The van der Waals surface area contributed by atoms with E-state index in [1.165, 1.54) is 11.3 Å². The zero-order chi connectivity index (χ0) is 10.8. The molecule has 1 N–H and O–H groups in total. The smallest absolute Gasteiger partial charge is 0.265 e. The minimum absolute atomic E-state index is 0.239. The molecule has 78 valence electrons. The van der Waals surface area contributed by atoms with Gasteiger partial charge in [-0.15, -0.1) is 11.3 Å². The summed E-state index contributed by atoms with van der Waals surface area (Å²) in [5.74, 6) is -0.368. The van der Waals surface area contributed by atoms with E-state index in [9.17, 15) is 0 Å². The van der Waals surface area contributed by atoms with Gasteiger partial charge in [-0.05, 0) is 28.1 Å². The number of hydrogen-bond donors (Lipinski definition) is 1. The molecule has 0 radical (unpaired) electrons. The van der Waals surface area contributed by atoms with Gasteiger partial charge >= 0.3 is 0 Å². The fourth-order valence-electron chi connectivity index (χ4n) is 0.654. The van der Waals surface area contributed by atoms with Crippen molar-refractivity contribution in [3.63, 3.8) is 0 Å². The van der Waals surface area contributed by atoms with Crippen LogP contribution in [0.1, 0.15) is 4.88 Å². The van der Waals surface area contributed by atoms with Crippen LogP contribution in [0.2, 0.25) is 0 Å². The lowest BCUT2D eigenvalue weighted by Crippen LogP contribution is -2.20. The zero-order valence-electron chi connectivity index (χ0n) is 6.69. The summed E-state index contributed by atoms with van der Waals surface area (Å²) >= 11 is 21.1. The quantitative estimate of drug-likeness (QED) is 0.485. The van der Waals surface area contributed by atoms with Gasteiger partial charge in [-0.2, -0.15) is 0 Å². The van der Waals surface area contributed by atoms with Crippen LogP contribution < -0.4 is 0 Å². The fourth-order valence-corrected chi connectivity index (χ4v) is 2.21. The Morgan fingerprint density at radius 2 is 2.14 bits per heavy atom. The summed E-state index contributed by atoms with van der Waals surface area (Å²) in [5.41, 5.74) is 0. The molecule has 0 aliphatic carbocycles. The molecule has 0 saturated carbocycles. The van der Waals surface area contributed by atoms with E-state index in [1.807, 2.05) is 12.1 Å². The van der Waals surface area contributed by atoms with E-state index in [0.29, 0.717) is 0 Å². The van der Waals surface area contributed by atoms with Gasteiger partial charge in [0, 0.05) is 4.88 Å². The van der Waals surface area contributed by atoms with Crippen LogP contribution in [0, 0.1) is 5.41 Å². The predicted octanol–water partition coefficient (Wildman–Crippen LogP) is 4.37. The van der Waals surface area contributed by atoms with Crippen molar-refractivity contribution in [2.75, 3.05) is 0 Å². The lowest BCUT2D eigenvalue weighted by Gasteiger charge is -2.12. The Hall–Kier alpha value is 0.520. The van der Waals surface area contributed by atoms with Gasteiger partial charge in [0.15, 0.2) is 0 Å². The van der Waals surface area contributed by atoms with Gasteiger partial charge in [-0.1, -0.05) is 34.8 Å². The average molecular weight is 337 g/mol. The molecule has 0 fully saturated rings. The number of halogens is 4. The minimum Gasteiger partial charge on any atom is -0.472 e. The van der Waals surface area contributed by atoms with E-state index in [0.717, 1.165) is 8.66 Å². The molecule has 0 aliphatic rings. The highest BCUT2D eigenvalue weighted by molar-refractivity contribution is 9.11. The third-order valence-corrected chi connectivity index (χ3v) is 3.36. The Morgan fingerprint density at radius 3 is 2.57 bits per heavy atom. The minimum atomic E-state index is -1.78. The average Bonchev–Trinajstić information content (AvgIpc) is 2.45. The molecule has 0 atom stereocenters. The maximum absolute atomic E-state index is 7.27. The van der Waals surface area contributed by atoms with Crippen molar-refractivity contribution in [1.29, 1.82) is 5.41 Å². The van der Waals surface area contributed by atoms with E-state index in [1.54, 1.807) is 0 Å². The number of ether oxygens (including phenoxy) is 1. The molecule has 0 bridgehead atoms. The summed E-state index contributed by atoms with van der Waals surface area (Å²) in [6, 6.07) is 3.77. The lowest BCUT2D eigenvalue weighted by molar-refractivity contribution is 0.287. The summed E-state index contributed by atoms with van der Waals surface area (Å²) in [5, 5.41) is 7.27. The number of alkyl halides is 3. The Balaban J connectivity index is 2.46. The molecule has 1 rings (SSSR count). The standard InChI is InChI=1S/C7H5BrCl3NOS/c8-5-2-1-4(14-5)3-13-6(12)7(9,10)11/h1-2,12H,3H2. The highest BCUT2D eigenvalue weighted by Gasteiger charge is 2.28. The van der Waals surface area contributed by atoms with Gasteiger partial charge in [-0.25, -0.2) is 0 Å². The van der Waals surface area contributed by atoms with E-state index in [-0.39, 0.29) is 12.5 Å². The lowest BCUT2D eigenvalue weighted by atomic mass is 10.5. The van der Waals surface area contributed by atoms with E-state index >= 15 is 0 Å². The molecule has 0 spiro atoms. The molecule has 0 aliphatic heterocycles. The van der Waals surface area contributed by atoms with Crippen LogP contribution in [0.3, 0.4) is 0 Å². The van der Waals surface area contributed by atoms with Gasteiger partial charge in [-0.3, -0.25) is 5.41 Å². The molecular weight excluding hydrogens is 332 g/mol. The van der Waals surface area contributed by atoms with E-state index < -0.39 is 3.79 Å². The first-order chi connectivity index (χ1) is 6.39. The van der Waals surface area contributed by atoms with Crippen molar-refractivity contribution in [3.05, 3.63) is 20.8 Å². The number of nitrogens with one attached hydrogen (secondary N) is 1. The molecule has 1 aromatic rings. The monoisotopic (exact) mass is 335 g/mol. The molecule has 0 saturated heterocycles. The highest BCUT2D eigenvalue weighted by Crippen LogP contribution is 2.29. The van der Waals surface area contributed by atoms with Crippen LogP contribution in [0.5, 0.6) is 0 Å². The third kappa shape index (κ3) is 3.95. The largest absolute Gasteiger partial charge is 0.472 e. The van der Waals surface area contributed by atoms with Crippen LogP contribution in [0.25, 0.3) is 0 Å². The maximum atomic E-state index is 7.27. The number of rotatable bonds is 2. The Morgan fingerprint density at radius 1 is 1.50 bits per heavy atom. The summed E-state index contributed by atoms with van der Waals surface area (Å²) in [6.45, 7) is 0.239. The molecular formula is C7H5BrCl3NOS. The van der Waals surface area contributed by atoms with Gasteiger partial charge in [0.25, 0.3) is 3.79 Å². The van der Waals surface area contributed by atoms with Crippen molar-refractivity contribution >= 4 is 68.0 Å². The first-order valence-electron chi connectivity index (χ1n) is 3.42. The molecule has 1 aromatic heterocycles. The molecule has 0 unspecified atom stereocenters. The topological polar surface area (TPSA) is 33.1 Å². The maximum Gasteiger partial charge on any atom is 0.265 e. The van der Waals surface area contributed by atoms with Gasteiger partial charge in [0.05, 0.1) is 3.79 Å². The molecule has 1 heterocycles. The number of hydrogen-bond acceptors (Lipinski definition) is 3. The summed E-state index contributed by atoms with van der Waals surface area (Å²) in [7, 11) is 0. The van der Waals surface area contributed by atoms with Crippen molar-refractivity contribution in [2.45, 2.75) is 10.4 Å². The normalized spacial score (nSPS) is 11.4. The third-order valence-electron chi connectivity index (χ3n) is 1.25. The fraction of sp³-hybridized carbons (Fsp3) is 0.286. The Kier molecular flexibility index (Phi) is 4.53. The van der Waals surface area contributed by atoms with Crippen molar-refractivity contribution in [1.82, 2.24) is 0 Å². The molecule has 7 heteroatoms. The van der Waals surface area contributed by atoms with Crippen LogP contribution in [0.4, 0.5) is 0 Å². The van der Waals surface area contributed by atoms with Crippen LogP contribution >= 0.6 is 62.1 Å². The second kappa shape index (κ2) is 5.03. The van der Waals surface area contributed by atoms with Crippen molar-refractivity contribution in [2.24, 2.45) is 0 Å².